The molecule has 128 valence electrons. The van der Waals surface area contributed by atoms with E-state index >= 15 is 0 Å². The molecule has 0 spiro atoms. The number of benzene rings is 1. The number of thiocarbonyl (C=S) groups is 1. The van der Waals surface area contributed by atoms with Crippen LogP contribution in [0.5, 0.6) is 0 Å². The minimum atomic E-state index is 0.478. The number of hydrogen-bond donors (Lipinski definition) is 2. The predicted octanol–water partition coefficient (Wildman–Crippen LogP) is 3.44. The van der Waals surface area contributed by atoms with Crippen LogP contribution in [-0.2, 0) is 0 Å². The van der Waals surface area contributed by atoms with E-state index in [1.165, 1.54) is 0 Å². The maximum atomic E-state index is 6.31. The van der Waals surface area contributed by atoms with Gasteiger partial charge in [0.25, 0.3) is 5.95 Å². The Balaban J connectivity index is 1.81. The molecule has 0 radical (unpaired) electrons. The highest BCUT2D eigenvalue weighted by atomic mass is 35.5. The van der Waals surface area contributed by atoms with E-state index in [9.17, 15) is 0 Å². The number of hydrogen-bond acceptors (Lipinski definition) is 5. The first-order valence-corrected chi connectivity index (χ1v) is 8.61. The van der Waals surface area contributed by atoms with Gasteiger partial charge in [0, 0.05) is 18.7 Å². The SMILES string of the molecule is Cc1onc(-c2c(Cl)cccc2Cl)c1-c1nc(N2CCNC2=S)n[nH]1. The number of anilines is 1. The summed E-state index contributed by atoms with van der Waals surface area (Å²) in [6.07, 6.45) is 0. The summed E-state index contributed by atoms with van der Waals surface area (Å²) in [4.78, 5) is 6.36. The van der Waals surface area contributed by atoms with Crippen LogP contribution in [0.1, 0.15) is 5.76 Å². The molecule has 3 heterocycles. The van der Waals surface area contributed by atoms with Crippen LogP contribution in [0.4, 0.5) is 5.95 Å². The molecule has 2 aromatic heterocycles. The van der Waals surface area contributed by atoms with Gasteiger partial charge in [-0.15, -0.1) is 5.10 Å². The lowest BCUT2D eigenvalue weighted by Gasteiger charge is -2.10. The molecule has 1 aliphatic rings. The summed E-state index contributed by atoms with van der Waals surface area (Å²) in [5.41, 5.74) is 1.76. The molecule has 3 aromatic rings. The third-order valence-electron chi connectivity index (χ3n) is 3.87. The molecule has 0 aliphatic carbocycles. The van der Waals surface area contributed by atoms with Gasteiger partial charge in [-0.3, -0.25) is 10.00 Å². The fraction of sp³-hybridized carbons (Fsp3) is 0.200. The number of H-pyrrole nitrogens is 1. The van der Waals surface area contributed by atoms with Crippen molar-refractivity contribution in [1.29, 1.82) is 0 Å². The molecule has 7 nitrogen and oxygen atoms in total. The molecule has 1 aromatic carbocycles. The van der Waals surface area contributed by atoms with Crippen LogP contribution in [0, 0.1) is 6.92 Å². The lowest BCUT2D eigenvalue weighted by Crippen LogP contribution is -2.28. The summed E-state index contributed by atoms with van der Waals surface area (Å²) >= 11 is 17.9. The Hall–Kier alpha value is -2.16. The van der Waals surface area contributed by atoms with Crippen molar-refractivity contribution in [2.75, 3.05) is 18.0 Å². The summed E-state index contributed by atoms with van der Waals surface area (Å²) < 4.78 is 5.36. The van der Waals surface area contributed by atoms with Crippen LogP contribution < -0.4 is 10.2 Å². The van der Waals surface area contributed by atoms with Crippen molar-refractivity contribution in [3.63, 3.8) is 0 Å². The van der Waals surface area contributed by atoms with Gasteiger partial charge in [0.05, 0.1) is 15.6 Å². The second-order valence-electron chi connectivity index (χ2n) is 5.43. The maximum Gasteiger partial charge on any atom is 0.251 e. The number of aromatic amines is 1. The molecule has 0 bridgehead atoms. The second kappa shape index (κ2) is 6.29. The van der Waals surface area contributed by atoms with Crippen LogP contribution in [0.15, 0.2) is 22.7 Å². The van der Waals surface area contributed by atoms with E-state index in [1.54, 1.807) is 25.1 Å². The Morgan fingerprint density at radius 2 is 2.00 bits per heavy atom. The molecule has 0 atom stereocenters. The number of rotatable bonds is 3. The van der Waals surface area contributed by atoms with Gasteiger partial charge in [-0.05, 0) is 31.3 Å². The van der Waals surface area contributed by atoms with E-state index < -0.39 is 0 Å². The van der Waals surface area contributed by atoms with Gasteiger partial charge < -0.3 is 9.84 Å². The Morgan fingerprint density at radius 1 is 1.24 bits per heavy atom. The monoisotopic (exact) mass is 394 g/mol. The minimum Gasteiger partial charge on any atom is -0.360 e. The number of nitrogens with one attached hydrogen (secondary N) is 2. The standard InChI is InChI=1S/C15H12Cl2N6OS/c1-7-10(12(22-24-7)11-8(16)3-2-4-9(11)17)13-19-14(21-20-13)23-6-5-18-15(23)25/h2-4H,5-6H2,1H3,(H,18,25)(H,19,20,21). The fourth-order valence-electron chi connectivity index (χ4n) is 2.69. The highest BCUT2D eigenvalue weighted by Crippen LogP contribution is 2.40. The van der Waals surface area contributed by atoms with Crippen molar-refractivity contribution in [2.24, 2.45) is 0 Å². The highest BCUT2D eigenvalue weighted by molar-refractivity contribution is 7.80. The summed E-state index contributed by atoms with van der Waals surface area (Å²) in [7, 11) is 0. The molecule has 0 saturated carbocycles. The Kier molecular flexibility index (Phi) is 4.10. The zero-order valence-corrected chi connectivity index (χ0v) is 15.3. The Labute approximate surface area is 158 Å². The van der Waals surface area contributed by atoms with Gasteiger partial charge in [0.15, 0.2) is 10.9 Å². The van der Waals surface area contributed by atoms with Crippen molar-refractivity contribution in [1.82, 2.24) is 25.7 Å². The maximum absolute atomic E-state index is 6.31. The van der Waals surface area contributed by atoms with Crippen molar-refractivity contribution in [3.05, 3.63) is 34.0 Å². The predicted molar refractivity (Wildman–Crippen MR) is 100 cm³/mol. The van der Waals surface area contributed by atoms with Gasteiger partial charge >= 0.3 is 0 Å². The molecular formula is C15H12Cl2N6OS. The van der Waals surface area contributed by atoms with Crippen LogP contribution in [0.2, 0.25) is 10.0 Å². The van der Waals surface area contributed by atoms with Crippen molar-refractivity contribution < 1.29 is 4.52 Å². The van der Waals surface area contributed by atoms with Crippen LogP contribution in [-0.4, -0.2) is 38.5 Å². The van der Waals surface area contributed by atoms with E-state index in [-0.39, 0.29) is 0 Å². The molecule has 25 heavy (non-hydrogen) atoms. The van der Waals surface area contributed by atoms with Crippen molar-refractivity contribution >= 4 is 46.5 Å². The van der Waals surface area contributed by atoms with Crippen LogP contribution in [0.25, 0.3) is 22.6 Å². The molecule has 0 amide bonds. The normalized spacial score (nSPS) is 14.2. The van der Waals surface area contributed by atoms with Gasteiger partial charge in [0.2, 0.25) is 0 Å². The summed E-state index contributed by atoms with van der Waals surface area (Å²) in [5.74, 6) is 1.58. The fourth-order valence-corrected chi connectivity index (χ4v) is 3.55. The van der Waals surface area contributed by atoms with Crippen molar-refractivity contribution in [2.45, 2.75) is 6.92 Å². The molecule has 10 heteroatoms. The van der Waals surface area contributed by atoms with E-state index in [0.29, 0.717) is 56.1 Å². The number of aryl methyl sites for hydroxylation is 1. The lowest BCUT2D eigenvalue weighted by molar-refractivity contribution is 0.400. The summed E-state index contributed by atoms with van der Waals surface area (Å²) in [6, 6.07) is 5.27. The van der Waals surface area contributed by atoms with E-state index in [1.807, 2.05) is 4.90 Å². The number of nitrogens with zero attached hydrogens (tertiary/aromatic N) is 4. The largest absolute Gasteiger partial charge is 0.360 e. The average Bonchev–Trinajstić information content (AvgIpc) is 3.27. The Morgan fingerprint density at radius 3 is 2.68 bits per heavy atom. The molecule has 0 unspecified atom stereocenters. The zero-order valence-electron chi connectivity index (χ0n) is 13.0. The van der Waals surface area contributed by atoms with Crippen LogP contribution >= 0.6 is 35.4 Å². The molecule has 2 N–H and O–H groups in total. The molecule has 1 saturated heterocycles. The number of aromatic nitrogens is 4. The topological polar surface area (TPSA) is 82.9 Å². The van der Waals surface area contributed by atoms with Gasteiger partial charge in [-0.25, -0.2) is 0 Å². The number of halogens is 2. The minimum absolute atomic E-state index is 0.478. The quantitative estimate of drug-likeness (QED) is 0.658. The van der Waals surface area contributed by atoms with Crippen molar-refractivity contribution in [3.8, 4) is 22.6 Å². The highest BCUT2D eigenvalue weighted by Gasteiger charge is 2.26. The third-order valence-corrected chi connectivity index (χ3v) is 4.87. The first kappa shape index (κ1) is 16.3. The van der Waals surface area contributed by atoms with Gasteiger partial charge in [-0.1, -0.05) is 34.4 Å². The summed E-state index contributed by atoms with van der Waals surface area (Å²) in [6.45, 7) is 3.26. The second-order valence-corrected chi connectivity index (χ2v) is 6.63. The van der Waals surface area contributed by atoms with E-state index in [0.717, 1.165) is 6.54 Å². The molecule has 1 aliphatic heterocycles. The average molecular weight is 395 g/mol. The summed E-state index contributed by atoms with van der Waals surface area (Å²) in [5, 5.41) is 15.9. The van der Waals surface area contributed by atoms with Gasteiger partial charge in [-0.2, -0.15) is 4.98 Å². The first-order chi connectivity index (χ1) is 12.1. The van der Waals surface area contributed by atoms with E-state index in [2.05, 4.69) is 25.7 Å². The van der Waals surface area contributed by atoms with E-state index in [4.69, 9.17) is 39.9 Å². The molecular weight excluding hydrogens is 383 g/mol. The lowest BCUT2D eigenvalue weighted by atomic mass is 10.1. The first-order valence-electron chi connectivity index (χ1n) is 7.45. The molecule has 1 fully saturated rings. The van der Waals surface area contributed by atoms with Crippen LogP contribution in [0.3, 0.4) is 0 Å². The molecule has 4 rings (SSSR count). The smallest absolute Gasteiger partial charge is 0.251 e. The van der Waals surface area contributed by atoms with Gasteiger partial charge in [0.1, 0.15) is 11.5 Å². The Bertz CT molecular complexity index is 949. The zero-order chi connectivity index (χ0) is 17.6. The third kappa shape index (κ3) is 2.76.